The minimum Gasteiger partial charge on any atom is -0.465 e. The van der Waals surface area contributed by atoms with E-state index in [4.69, 9.17) is 4.74 Å². The van der Waals surface area contributed by atoms with Gasteiger partial charge in [-0.1, -0.05) is 40.2 Å². The van der Waals surface area contributed by atoms with Crippen molar-refractivity contribution in [3.63, 3.8) is 0 Å². The van der Waals surface area contributed by atoms with Crippen LogP contribution in [0.2, 0.25) is 0 Å². The van der Waals surface area contributed by atoms with Crippen LogP contribution in [0.5, 0.6) is 0 Å². The maximum Gasteiger partial charge on any atom is 0.302 e. The van der Waals surface area contributed by atoms with Gasteiger partial charge >= 0.3 is 5.97 Å². The first-order valence-electron chi connectivity index (χ1n) is 9.94. The van der Waals surface area contributed by atoms with Gasteiger partial charge in [0.15, 0.2) is 0 Å². The minimum absolute atomic E-state index is 0.0375. The van der Waals surface area contributed by atoms with Gasteiger partial charge in [0.25, 0.3) is 0 Å². The van der Waals surface area contributed by atoms with Gasteiger partial charge in [0, 0.05) is 12.8 Å². The van der Waals surface area contributed by atoms with Crippen LogP contribution in [0.15, 0.2) is 11.6 Å². The van der Waals surface area contributed by atoms with Crippen LogP contribution in [-0.2, 0) is 14.3 Å². The third-order valence-corrected chi connectivity index (χ3v) is 8.22. The van der Waals surface area contributed by atoms with Crippen molar-refractivity contribution in [3.8, 4) is 0 Å². The standard InChI is InChI=1S/C22H34O3/c1-15(24)25-14-17-16(13-23)7-8-19-21(17,4)12-9-18-20(2,3)10-6-11-22(18,19)5/h7,13,17-19H,6,8-12,14H2,1-5H3. The molecule has 0 heterocycles. The van der Waals surface area contributed by atoms with Gasteiger partial charge < -0.3 is 4.74 Å². The topological polar surface area (TPSA) is 43.4 Å². The Balaban J connectivity index is 1.98. The number of hydrogen-bond donors (Lipinski definition) is 0. The fourth-order valence-electron chi connectivity index (χ4n) is 7.04. The van der Waals surface area contributed by atoms with Crippen LogP contribution in [-0.4, -0.2) is 18.9 Å². The lowest BCUT2D eigenvalue weighted by Gasteiger charge is -2.65. The van der Waals surface area contributed by atoms with E-state index in [0.29, 0.717) is 23.4 Å². The largest absolute Gasteiger partial charge is 0.465 e. The summed E-state index contributed by atoms with van der Waals surface area (Å²) >= 11 is 0. The van der Waals surface area contributed by atoms with E-state index in [0.717, 1.165) is 30.6 Å². The molecule has 2 fully saturated rings. The van der Waals surface area contributed by atoms with Gasteiger partial charge in [-0.05, 0) is 65.8 Å². The summed E-state index contributed by atoms with van der Waals surface area (Å²) in [6.07, 6.45) is 10.4. The molecule has 0 saturated heterocycles. The molecule has 0 radical (unpaired) electrons. The summed E-state index contributed by atoms with van der Waals surface area (Å²) in [6, 6.07) is 0. The molecule has 2 saturated carbocycles. The van der Waals surface area contributed by atoms with Crippen LogP contribution in [0.25, 0.3) is 0 Å². The molecule has 3 rings (SSSR count). The number of rotatable bonds is 3. The smallest absolute Gasteiger partial charge is 0.302 e. The van der Waals surface area contributed by atoms with Gasteiger partial charge in [0.05, 0.1) is 6.61 Å². The molecule has 0 spiro atoms. The fourth-order valence-corrected chi connectivity index (χ4v) is 7.04. The average molecular weight is 347 g/mol. The number of esters is 1. The average Bonchev–Trinajstić information content (AvgIpc) is 2.51. The van der Waals surface area contributed by atoms with E-state index in [-0.39, 0.29) is 17.3 Å². The van der Waals surface area contributed by atoms with E-state index < -0.39 is 0 Å². The van der Waals surface area contributed by atoms with Crippen molar-refractivity contribution in [1.29, 1.82) is 0 Å². The summed E-state index contributed by atoms with van der Waals surface area (Å²) in [7, 11) is 0. The zero-order chi connectivity index (χ0) is 18.5. The molecule has 0 N–H and O–H groups in total. The third-order valence-electron chi connectivity index (χ3n) is 8.22. The summed E-state index contributed by atoms with van der Waals surface area (Å²) < 4.78 is 5.40. The lowest BCUT2D eigenvalue weighted by Crippen LogP contribution is -2.58. The molecule has 0 amide bonds. The molecular weight excluding hydrogens is 312 g/mol. The second-order valence-electron chi connectivity index (χ2n) is 9.91. The first-order valence-corrected chi connectivity index (χ1v) is 9.94. The zero-order valence-corrected chi connectivity index (χ0v) is 16.6. The van der Waals surface area contributed by atoms with Crippen molar-refractivity contribution in [2.75, 3.05) is 6.61 Å². The second kappa shape index (κ2) is 6.25. The molecule has 3 nitrogen and oxygen atoms in total. The highest BCUT2D eigenvalue weighted by molar-refractivity contribution is 5.75. The van der Waals surface area contributed by atoms with Crippen molar-refractivity contribution in [3.05, 3.63) is 11.6 Å². The Morgan fingerprint density at radius 1 is 1.16 bits per heavy atom. The van der Waals surface area contributed by atoms with Gasteiger partial charge in [-0.15, -0.1) is 0 Å². The van der Waals surface area contributed by atoms with E-state index >= 15 is 0 Å². The van der Waals surface area contributed by atoms with Gasteiger partial charge in [-0.25, -0.2) is 0 Å². The Morgan fingerprint density at radius 2 is 1.88 bits per heavy atom. The van der Waals surface area contributed by atoms with Gasteiger partial charge in [-0.3, -0.25) is 9.59 Å². The van der Waals surface area contributed by atoms with Gasteiger partial charge in [0.1, 0.15) is 6.29 Å². The molecule has 5 atom stereocenters. The Bertz CT molecular complexity index is 590. The van der Waals surface area contributed by atoms with E-state index in [1.165, 1.54) is 32.6 Å². The van der Waals surface area contributed by atoms with Crippen molar-refractivity contribution < 1.29 is 14.3 Å². The molecule has 0 aromatic heterocycles. The van der Waals surface area contributed by atoms with E-state index in [1.807, 2.05) is 0 Å². The Kier molecular flexibility index (Phi) is 4.66. The second-order valence-corrected chi connectivity index (χ2v) is 9.91. The molecule has 3 heteroatoms. The molecule has 0 aromatic carbocycles. The van der Waals surface area contributed by atoms with Crippen LogP contribution < -0.4 is 0 Å². The first kappa shape index (κ1) is 18.7. The van der Waals surface area contributed by atoms with Gasteiger partial charge in [-0.2, -0.15) is 0 Å². The van der Waals surface area contributed by atoms with Crippen LogP contribution in [0.4, 0.5) is 0 Å². The Labute approximate surface area is 152 Å². The van der Waals surface area contributed by atoms with Crippen LogP contribution in [0.1, 0.15) is 73.1 Å². The molecule has 0 bridgehead atoms. The lowest BCUT2D eigenvalue weighted by molar-refractivity contribution is -0.160. The summed E-state index contributed by atoms with van der Waals surface area (Å²) in [5, 5.41) is 0. The predicted octanol–water partition coefficient (Wildman–Crippen LogP) is 4.94. The van der Waals surface area contributed by atoms with Crippen molar-refractivity contribution >= 4 is 12.3 Å². The predicted molar refractivity (Wildman–Crippen MR) is 98.9 cm³/mol. The van der Waals surface area contributed by atoms with E-state index in [9.17, 15) is 9.59 Å². The Morgan fingerprint density at radius 3 is 2.52 bits per heavy atom. The first-order chi connectivity index (χ1) is 11.6. The number of ether oxygens (including phenoxy) is 1. The highest BCUT2D eigenvalue weighted by atomic mass is 16.5. The molecule has 25 heavy (non-hydrogen) atoms. The highest BCUT2D eigenvalue weighted by Gasteiger charge is 2.61. The number of aldehydes is 1. The Hall–Kier alpha value is -1.12. The van der Waals surface area contributed by atoms with Gasteiger partial charge in [0.2, 0.25) is 0 Å². The number of carbonyl (C=O) groups is 2. The molecule has 0 aliphatic heterocycles. The zero-order valence-electron chi connectivity index (χ0n) is 16.6. The van der Waals surface area contributed by atoms with Crippen molar-refractivity contribution in [2.24, 2.45) is 34.0 Å². The van der Waals surface area contributed by atoms with E-state index in [1.54, 1.807) is 0 Å². The van der Waals surface area contributed by atoms with Crippen LogP contribution in [0.3, 0.4) is 0 Å². The van der Waals surface area contributed by atoms with Crippen LogP contribution >= 0.6 is 0 Å². The fraction of sp³-hybridized carbons (Fsp3) is 0.818. The number of fused-ring (bicyclic) bond motifs is 3. The number of allylic oxidation sites excluding steroid dienone is 1. The summed E-state index contributed by atoms with van der Waals surface area (Å²) in [4.78, 5) is 23.1. The maximum absolute atomic E-state index is 11.7. The molecule has 140 valence electrons. The number of hydrogen-bond acceptors (Lipinski definition) is 3. The number of carbonyl (C=O) groups excluding carboxylic acids is 2. The quantitative estimate of drug-likeness (QED) is 0.537. The molecule has 0 aromatic rings. The van der Waals surface area contributed by atoms with Crippen molar-refractivity contribution in [2.45, 2.75) is 73.1 Å². The third kappa shape index (κ3) is 2.88. The molecule has 5 unspecified atom stereocenters. The minimum atomic E-state index is -0.255. The van der Waals surface area contributed by atoms with Crippen LogP contribution in [0, 0.1) is 34.0 Å². The molecule has 3 aliphatic carbocycles. The maximum atomic E-state index is 11.7. The van der Waals surface area contributed by atoms with Crippen molar-refractivity contribution in [1.82, 2.24) is 0 Å². The molecular formula is C22H34O3. The summed E-state index contributed by atoms with van der Waals surface area (Å²) in [5.74, 6) is 1.08. The SMILES string of the molecule is CC(=O)OCC1C(C=O)=CCC2C1(C)CCC1C(C)(C)CCCC12C. The normalized spacial score (nSPS) is 42.6. The monoisotopic (exact) mass is 346 g/mol. The summed E-state index contributed by atoms with van der Waals surface area (Å²) in [6.45, 7) is 11.5. The lowest BCUT2D eigenvalue weighted by atomic mass is 9.40. The van der Waals surface area contributed by atoms with E-state index in [2.05, 4.69) is 33.8 Å². The summed E-state index contributed by atoms with van der Waals surface area (Å²) in [5.41, 5.74) is 1.60. The highest BCUT2D eigenvalue weighted by Crippen LogP contribution is 2.68. The molecule has 3 aliphatic rings.